The number of aromatic nitrogens is 1. The van der Waals surface area contributed by atoms with Gasteiger partial charge in [-0.1, -0.05) is 18.5 Å². The van der Waals surface area contributed by atoms with Crippen LogP contribution in [0.2, 0.25) is 5.02 Å². The molecular formula is C25H32ClN5O2. The van der Waals surface area contributed by atoms with E-state index >= 15 is 0 Å². The Labute approximate surface area is 200 Å². The van der Waals surface area contributed by atoms with Gasteiger partial charge in [0.15, 0.2) is 5.66 Å². The monoisotopic (exact) mass is 469 g/mol. The van der Waals surface area contributed by atoms with Crippen molar-refractivity contribution in [3.8, 4) is 12.3 Å². The Morgan fingerprint density at radius 3 is 2.58 bits per heavy atom. The molecule has 2 fully saturated rings. The number of amides is 2. The second kappa shape index (κ2) is 9.80. The van der Waals surface area contributed by atoms with Crippen molar-refractivity contribution in [2.24, 2.45) is 22.1 Å². The number of carbonyl (C=O) groups excluding carboxylic acids is 2. The number of halogens is 1. The highest BCUT2D eigenvalue weighted by Crippen LogP contribution is 2.41. The van der Waals surface area contributed by atoms with Crippen LogP contribution in [0.5, 0.6) is 0 Å². The van der Waals surface area contributed by atoms with Crippen molar-refractivity contribution in [1.29, 1.82) is 0 Å². The second-order valence-corrected chi connectivity index (χ2v) is 10.1. The summed E-state index contributed by atoms with van der Waals surface area (Å²) >= 11 is 6.51. The summed E-state index contributed by atoms with van der Waals surface area (Å²) in [5.41, 5.74) is 0.506. The lowest BCUT2D eigenvalue weighted by molar-refractivity contribution is -0.129. The lowest BCUT2D eigenvalue weighted by Crippen LogP contribution is -2.56. The number of aryl methyl sites for hydroxylation is 1. The van der Waals surface area contributed by atoms with Crippen LogP contribution in [-0.2, 0) is 4.79 Å². The molecule has 1 aromatic heterocycles. The number of hydrogen-bond donors (Lipinski definition) is 1. The molecular weight excluding hydrogens is 438 g/mol. The molecule has 3 aliphatic rings. The number of pyridine rings is 1. The number of rotatable bonds is 11. The van der Waals surface area contributed by atoms with E-state index in [1.165, 1.54) is 6.20 Å². The molecule has 1 aliphatic heterocycles. The summed E-state index contributed by atoms with van der Waals surface area (Å²) in [7, 11) is 0. The summed E-state index contributed by atoms with van der Waals surface area (Å²) in [6.07, 6.45) is 15.6. The quantitative estimate of drug-likeness (QED) is 0.483. The van der Waals surface area contributed by atoms with E-state index in [1.54, 1.807) is 11.1 Å². The van der Waals surface area contributed by atoms with Crippen molar-refractivity contribution in [3.63, 3.8) is 0 Å². The molecule has 0 spiro atoms. The normalized spacial score (nSPS) is 20.3. The van der Waals surface area contributed by atoms with Crippen LogP contribution in [0.15, 0.2) is 22.6 Å². The molecule has 0 bridgehead atoms. The fourth-order valence-electron chi connectivity index (χ4n) is 4.57. The average Bonchev–Trinajstić information content (AvgIpc) is 3.68. The van der Waals surface area contributed by atoms with E-state index in [1.807, 2.05) is 6.92 Å². The molecule has 2 heterocycles. The summed E-state index contributed by atoms with van der Waals surface area (Å²) in [6, 6.07) is -0.381. The molecule has 0 aromatic carbocycles. The highest BCUT2D eigenvalue weighted by Gasteiger charge is 2.45. The lowest BCUT2D eigenvalue weighted by atomic mass is 9.89. The molecule has 0 radical (unpaired) electrons. The van der Waals surface area contributed by atoms with Gasteiger partial charge in [-0.15, -0.1) is 12.3 Å². The molecule has 33 heavy (non-hydrogen) atoms. The van der Waals surface area contributed by atoms with Crippen molar-refractivity contribution in [2.75, 3.05) is 6.54 Å². The highest BCUT2D eigenvalue weighted by atomic mass is 35.5. The fourth-order valence-corrected chi connectivity index (χ4v) is 4.75. The first-order valence-electron chi connectivity index (χ1n) is 11.9. The summed E-state index contributed by atoms with van der Waals surface area (Å²) in [5.74, 6) is 2.77. The number of nitrogens with one attached hydrogen (secondary N) is 1. The van der Waals surface area contributed by atoms with E-state index in [4.69, 9.17) is 18.0 Å². The first-order valence-corrected chi connectivity index (χ1v) is 12.3. The third kappa shape index (κ3) is 5.38. The van der Waals surface area contributed by atoms with Gasteiger partial charge in [-0.05, 0) is 56.4 Å². The zero-order chi connectivity index (χ0) is 23.6. The van der Waals surface area contributed by atoms with Crippen LogP contribution in [0.1, 0.15) is 74.2 Å². The fraction of sp³-hybridized carbons (Fsp3) is 0.640. The van der Waals surface area contributed by atoms with Gasteiger partial charge in [-0.25, -0.2) is 0 Å². The predicted molar refractivity (Wildman–Crippen MR) is 127 cm³/mol. The number of nitrogens with zero attached hydrogens (tertiary/aromatic N) is 4. The second-order valence-electron chi connectivity index (χ2n) is 9.73. The molecule has 7 nitrogen and oxygen atoms in total. The van der Waals surface area contributed by atoms with Crippen molar-refractivity contribution in [1.82, 2.24) is 15.2 Å². The van der Waals surface area contributed by atoms with Crippen molar-refractivity contribution >= 4 is 23.4 Å². The third-order valence-electron chi connectivity index (χ3n) is 7.27. The minimum absolute atomic E-state index is 0.0420. The van der Waals surface area contributed by atoms with Crippen LogP contribution < -0.4 is 5.32 Å². The highest BCUT2D eigenvalue weighted by molar-refractivity contribution is 6.34. The maximum Gasteiger partial charge on any atom is 0.257 e. The molecule has 1 aromatic rings. The van der Waals surface area contributed by atoms with Crippen molar-refractivity contribution in [2.45, 2.75) is 83.0 Å². The van der Waals surface area contributed by atoms with Gasteiger partial charge >= 0.3 is 0 Å². The van der Waals surface area contributed by atoms with E-state index in [9.17, 15) is 9.59 Å². The number of hydrogen-bond acceptors (Lipinski definition) is 5. The summed E-state index contributed by atoms with van der Waals surface area (Å²) in [6.45, 7) is 4.25. The maximum atomic E-state index is 13.9. The van der Waals surface area contributed by atoms with Crippen molar-refractivity contribution in [3.05, 3.63) is 28.5 Å². The zero-order valence-corrected chi connectivity index (χ0v) is 20.1. The molecule has 2 saturated carbocycles. The van der Waals surface area contributed by atoms with Crippen LogP contribution in [-0.4, -0.2) is 46.0 Å². The summed E-state index contributed by atoms with van der Waals surface area (Å²) in [4.78, 5) is 33.3. The SMILES string of the molecule is C#CCCC1(CCN(C(=O)c2cncc(C)c2Cl)C(C(=O)NC2CCC2)C(C)C2CC2)N=N1. The Morgan fingerprint density at radius 2 is 2.00 bits per heavy atom. The maximum absolute atomic E-state index is 13.9. The Morgan fingerprint density at radius 1 is 1.27 bits per heavy atom. The first kappa shape index (κ1) is 23.7. The van der Waals surface area contributed by atoms with Crippen LogP contribution >= 0.6 is 11.6 Å². The molecule has 2 amide bonds. The standard InChI is InChI=1S/C25H32ClN5O2/c1-4-5-11-25(29-30-25)12-13-31(24(33)20-15-27-14-16(2)21(20)26)22(17(3)18-9-10-18)23(32)28-19-7-6-8-19/h1,14-15,17-19,22H,5-13H2,2-3H3,(H,28,32). The molecule has 2 unspecified atom stereocenters. The van der Waals surface area contributed by atoms with E-state index in [2.05, 4.69) is 33.4 Å². The van der Waals surface area contributed by atoms with E-state index in [0.717, 1.165) is 37.7 Å². The van der Waals surface area contributed by atoms with Gasteiger partial charge in [0.2, 0.25) is 5.91 Å². The Kier molecular flexibility index (Phi) is 7.04. The molecule has 2 aliphatic carbocycles. The van der Waals surface area contributed by atoms with E-state index < -0.39 is 11.7 Å². The first-order chi connectivity index (χ1) is 15.8. The molecule has 4 rings (SSSR count). The Bertz CT molecular complexity index is 973. The topological polar surface area (TPSA) is 87.0 Å². The van der Waals surface area contributed by atoms with Gasteiger partial charge in [0, 0.05) is 44.2 Å². The van der Waals surface area contributed by atoms with Gasteiger partial charge in [-0.2, -0.15) is 10.2 Å². The smallest absolute Gasteiger partial charge is 0.257 e. The largest absolute Gasteiger partial charge is 0.352 e. The predicted octanol–water partition coefficient (Wildman–Crippen LogP) is 4.53. The van der Waals surface area contributed by atoms with Gasteiger partial charge in [0.1, 0.15) is 6.04 Å². The van der Waals surface area contributed by atoms with E-state index in [0.29, 0.717) is 42.3 Å². The van der Waals surface area contributed by atoms with Gasteiger partial charge in [-0.3, -0.25) is 14.6 Å². The number of carbonyl (C=O) groups is 2. The van der Waals surface area contributed by atoms with Crippen LogP contribution in [0.4, 0.5) is 0 Å². The van der Waals surface area contributed by atoms with E-state index in [-0.39, 0.29) is 23.8 Å². The molecule has 2 atom stereocenters. The molecule has 0 saturated heterocycles. The van der Waals surface area contributed by atoms with Gasteiger partial charge < -0.3 is 10.2 Å². The zero-order valence-electron chi connectivity index (χ0n) is 19.4. The molecule has 8 heteroatoms. The average molecular weight is 470 g/mol. The Hall–Kier alpha value is -2.46. The van der Waals surface area contributed by atoms with Crippen LogP contribution in [0, 0.1) is 31.1 Å². The molecule has 176 valence electrons. The molecule has 1 N–H and O–H groups in total. The van der Waals surface area contributed by atoms with Crippen LogP contribution in [0.3, 0.4) is 0 Å². The summed E-state index contributed by atoms with van der Waals surface area (Å²) in [5, 5.41) is 12.0. The van der Waals surface area contributed by atoms with Crippen molar-refractivity contribution < 1.29 is 9.59 Å². The van der Waals surface area contributed by atoms with Gasteiger partial charge in [0.05, 0.1) is 10.6 Å². The minimum Gasteiger partial charge on any atom is -0.352 e. The lowest BCUT2D eigenvalue weighted by Gasteiger charge is -2.37. The summed E-state index contributed by atoms with van der Waals surface area (Å²) < 4.78 is 0. The number of terminal acetylenes is 1. The Balaban J connectivity index is 1.62. The van der Waals surface area contributed by atoms with Crippen LogP contribution in [0.25, 0.3) is 0 Å². The third-order valence-corrected chi connectivity index (χ3v) is 7.77. The minimum atomic E-state index is -0.578. The van der Waals surface area contributed by atoms with Gasteiger partial charge in [0.25, 0.3) is 5.91 Å².